The van der Waals surface area contributed by atoms with Gasteiger partial charge in [0.2, 0.25) is 0 Å². The van der Waals surface area contributed by atoms with E-state index >= 15 is 0 Å². The Hall–Kier alpha value is -1.14. The predicted octanol–water partition coefficient (Wildman–Crippen LogP) is 3.25. The second-order valence-electron chi connectivity index (χ2n) is 5.63. The molecule has 0 bridgehead atoms. The van der Waals surface area contributed by atoms with E-state index in [0.717, 1.165) is 43.8 Å². The molecule has 2 N–H and O–H groups in total. The van der Waals surface area contributed by atoms with Crippen LogP contribution in [0.15, 0.2) is 35.7 Å². The molecule has 0 aliphatic carbocycles. The maximum atomic E-state index is 12.2. The molecule has 2 aromatic rings. The lowest BCUT2D eigenvalue weighted by Crippen LogP contribution is -2.45. The quantitative estimate of drug-likeness (QED) is 0.827. The van der Waals surface area contributed by atoms with Crippen LogP contribution in [0, 0.1) is 0 Å². The Labute approximate surface area is 159 Å². The molecule has 2 heterocycles. The Morgan fingerprint density at radius 3 is 2.75 bits per heavy atom. The SMILES string of the molecule is Cl.Cl.O=C(N[C@H]1CCCNC1)c1csc(CCc2ccccc2)n1. The van der Waals surface area contributed by atoms with Gasteiger partial charge in [-0.05, 0) is 31.4 Å². The molecule has 132 valence electrons. The van der Waals surface area contributed by atoms with Crippen molar-refractivity contribution in [1.29, 1.82) is 0 Å². The molecule has 1 aromatic carbocycles. The number of nitrogens with zero attached hydrogens (tertiary/aromatic N) is 1. The van der Waals surface area contributed by atoms with Gasteiger partial charge in [0.15, 0.2) is 0 Å². The number of amides is 1. The zero-order valence-corrected chi connectivity index (χ0v) is 15.8. The lowest BCUT2D eigenvalue weighted by Gasteiger charge is -2.23. The molecular weight excluding hydrogens is 365 g/mol. The topological polar surface area (TPSA) is 54.0 Å². The standard InChI is InChI=1S/C17H21N3OS.2ClH/c21-17(19-14-7-4-10-18-11-14)15-12-22-16(20-15)9-8-13-5-2-1-3-6-13;;/h1-3,5-6,12,14,18H,4,7-11H2,(H,19,21);2*1H/t14-;;/m0../s1. The monoisotopic (exact) mass is 387 g/mol. The summed E-state index contributed by atoms with van der Waals surface area (Å²) in [6.07, 6.45) is 4.00. The fraction of sp³-hybridized carbons (Fsp3) is 0.412. The molecule has 0 spiro atoms. The number of nitrogens with one attached hydrogen (secondary N) is 2. The Balaban J connectivity index is 0.00000144. The molecular formula is C17H23Cl2N3OS. The van der Waals surface area contributed by atoms with Gasteiger partial charge in [0.1, 0.15) is 5.69 Å². The number of aryl methyl sites for hydroxylation is 2. The van der Waals surface area contributed by atoms with Crippen molar-refractivity contribution >= 4 is 42.1 Å². The van der Waals surface area contributed by atoms with Gasteiger partial charge in [-0.2, -0.15) is 0 Å². The summed E-state index contributed by atoms with van der Waals surface area (Å²) in [6.45, 7) is 1.91. The summed E-state index contributed by atoms with van der Waals surface area (Å²) < 4.78 is 0. The molecule has 1 saturated heterocycles. The molecule has 4 nitrogen and oxygen atoms in total. The highest BCUT2D eigenvalue weighted by Crippen LogP contribution is 2.14. The minimum atomic E-state index is -0.0455. The van der Waals surface area contributed by atoms with Crippen molar-refractivity contribution in [2.45, 2.75) is 31.7 Å². The second-order valence-corrected chi connectivity index (χ2v) is 6.57. The van der Waals surface area contributed by atoms with Gasteiger partial charge < -0.3 is 10.6 Å². The third kappa shape index (κ3) is 6.06. The average Bonchev–Trinajstić information content (AvgIpc) is 3.04. The van der Waals surface area contributed by atoms with Crippen LogP contribution < -0.4 is 10.6 Å². The highest BCUT2D eigenvalue weighted by molar-refractivity contribution is 7.09. The van der Waals surface area contributed by atoms with Gasteiger partial charge in [0.05, 0.1) is 5.01 Å². The smallest absolute Gasteiger partial charge is 0.271 e. The summed E-state index contributed by atoms with van der Waals surface area (Å²) in [5.74, 6) is -0.0455. The van der Waals surface area contributed by atoms with Crippen LogP contribution in [0.1, 0.15) is 33.9 Å². The second kappa shape index (κ2) is 10.7. The number of hydrogen-bond donors (Lipinski definition) is 2. The lowest BCUT2D eigenvalue weighted by molar-refractivity contribution is 0.0926. The molecule has 1 atom stereocenters. The van der Waals surface area contributed by atoms with Gasteiger partial charge >= 0.3 is 0 Å². The molecule has 1 aliphatic heterocycles. The van der Waals surface area contributed by atoms with E-state index in [4.69, 9.17) is 0 Å². The van der Waals surface area contributed by atoms with Gasteiger partial charge in [-0.1, -0.05) is 30.3 Å². The van der Waals surface area contributed by atoms with E-state index in [1.807, 2.05) is 23.6 Å². The number of carbonyl (C=O) groups excluding carboxylic acids is 1. The molecule has 0 unspecified atom stereocenters. The van der Waals surface area contributed by atoms with Crippen LogP contribution in [0.5, 0.6) is 0 Å². The third-order valence-electron chi connectivity index (χ3n) is 3.89. The maximum Gasteiger partial charge on any atom is 0.271 e. The molecule has 7 heteroatoms. The molecule has 3 rings (SSSR count). The minimum absolute atomic E-state index is 0. The number of aromatic nitrogens is 1. The molecule has 1 fully saturated rings. The van der Waals surface area contributed by atoms with E-state index in [0.29, 0.717) is 5.69 Å². The molecule has 1 aromatic heterocycles. The first kappa shape index (κ1) is 20.9. The van der Waals surface area contributed by atoms with Crippen molar-refractivity contribution < 1.29 is 4.79 Å². The fourth-order valence-corrected chi connectivity index (χ4v) is 3.44. The molecule has 0 saturated carbocycles. The highest BCUT2D eigenvalue weighted by atomic mass is 35.5. The van der Waals surface area contributed by atoms with Gasteiger partial charge in [-0.3, -0.25) is 4.79 Å². The number of halogens is 2. The van der Waals surface area contributed by atoms with Crippen LogP contribution in [0.25, 0.3) is 0 Å². The molecule has 24 heavy (non-hydrogen) atoms. The number of carbonyl (C=O) groups is 1. The Kier molecular flexibility index (Phi) is 9.29. The van der Waals surface area contributed by atoms with Crippen molar-refractivity contribution in [3.05, 3.63) is 52.0 Å². The van der Waals surface area contributed by atoms with Crippen LogP contribution in [-0.4, -0.2) is 30.0 Å². The van der Waals surface area contributed by atoms with Crippen LogP contribution in [-0.2, 0) is 12.8 Å². The van der Waals surface area contributed by atoms with Crippen molar-refractivity contribution in [2.24, 2.45) is 0 Å². The maximum absolute atomic E-state index is 12.2. The van der Waals surface area contributed by atoms with Crippen molar-refractivity contribution in [3.8, 4) is 0 Å². The van der Waals surface area contributed by atoms with Crippen LogP contribution >= 0.6 is 36.2 Å². The van der Waals surface area contributed by atoms with E-state index in [1.165, 1.54) is 5.56 Å². The van der Waals surface area contributed by atoms with Gasteiger partial charge in [-0.25, -0.2) is 4.98 Å². The summed E-state index contributed by atoms with van der Waals surface area (Å²) in [7, 11) is 0. The normalized spacial score (nSPS) is 16.6. The first-order valence-electron chi connectivity index (χ1n) is 7.81. The summed E-state index contributed by atoms with van der Waals surface area (Å²) in [4.78, 5) is 16.7. The van der Waals surface area contributed by atoms with Crippen LogP contribution in [0.4, 0.5) is 0 Å². The van der Waals surface area contributed by atoms with Crippen molar-refractivity contribution in [1.82, 2.24) is 15.6 Å². The highest BCUT2D eigenvalue weighted by Gasteiger charge is 2.18. The number of piperidine rings is 1. The molecule has 0 radical (unpaired) electrons. The predicted molar refractivity (Wildman–Crippen MR) is 104 cm³/mol. The van der Waals surface area contributed by atoms with Gasteiger partial charge in [-0.15, -0.1) is 36.2 Å². The van der Waals surface area contributed by atoms with E-state index in [1.54, 1.807) is 11.3 Å². The third-order valence-corrected chi connectivity index (χ3v) is 4.80. The van der Waals surface area contributed by atoms with E-state index in [2.05, 4.69) is 27.8 Å². The molecule has 1 amide bonds. The van der Waals surface area contributed by atoms with E-state index in [9.17, 15) is 4.79 Å². The summed E-state index contributed by atoms with van der Waals surface area (Å²) >= 11 is 1.57. The number of benzene rings is 1. The van der Waals surface area contributed by atoms with Crippen molar-refractivity contribution in [2.75, 3.05) is 13.1 Å². The number of thiazole rings is 1. The Morgan fingerprint density at radius 2 is 2.04 bits per heavy atom. The first-order chi connectivity index (χ1) is 10.8. The van der Waals surface area contributed by atoms with E-state index < -0.39 is 0 Å². The number of hydrogen-bond acceptors (Lipinski definition) is 4. The summed E-state index contributed by atoms with van der Waals surface area (Å²) in [5.41, 5.74) is 1.86. The lowest BCUT2D eigenvalue weighted by atomic mass is 10.1. The molecule has 1 aliphatic rings. The zero-order chi connectivity index (χ0) is 15.2. The largest absolute Gasteiger partial charge is 0.347 e. The summed E-state index contributed by atoms with van der Waals surface area (Å²) in [6, 6.07) is 10.6. The summed E-state index contributed by atoms with van der Waals surface area (Å²) in [5, 5.41) is 9.26. The Bertz CT molecular complexity index is 615. The van der Waals surface area contributed by atoms with Gasteiger partial charge in [0.25, 0.3) is 5.91 Å². The zero-order valence-electron chi connectivity index (χ0n) is 13.4. The first-order valence-corrected chi connectivity index (χ1v) is 8.69. The average molecular weight is 388 g/mol. The van der Waals surface area contributed by atoms with Gasteiger partial charge in [0, 0.05) is 24.4 Å². The van der Waals surface area contributed by atoms with Crippen LogP contribution in [0.2, 0.25) is 0 Å². The number of rotatable bonds is 5. The Morgan fingerprint density at radius 1 is 1.25 bits per heavy atom. The van der Waals surface area contributed by atoms with Crippen LogP contribution in [0.3, 0.4) is 0 Å². The van der Waals surface area contributed by atoms with E-state index in [-0.39, 0.29) is 36.8 Å². The fourth-order valence-electron chi connectivity index (χ4n) is 2.66. The van der Waals surface area contributed by atoms with Crippen molar-refractivity contribution in [3.63, 3.8) is 0 Å². The minimum Gasteiger partial charge on any atom is -0.347 e.